The maximum atomic E-state index is 12.8. The van der Waals surface area contributed by atoms with Crippen LogP contribution in [0.5, 0.6) is 0 Å². The van der Waals surface area contributed by atoms with E-state index >= 15 is 0 Å². The third-order valence-electron chi connectivity index (χ3n) is 3.98. The molecule has 25 heavy (non-hydrogen) atoms. The van der Waals surface area contributed by atoms with Crippen LogP contribution in [0.4, 0.5) is 0 Å². The number of allylic oxidation sites excluding steroid dienone is 1. The van der Waals surface area contributed by atoms with Crippen molar-refractivity contribution in [2.24, 2.45) is 11.8 Å². The maximum Gasteiger partial charge on any atom is 0.310 e. The molecular formula is C21H28O4. The summed E-state index contributed by atoms with van der Waals surface area (Å²) < 4.78 is 5.56. The Bertz CT molecular complexity index is 611. The van der Waals surface area contributed by atoms with E-state index in [0.29, 0.717) is 6.42 Å². The monoisotopic (exact) mass is 344 g/mol. The molecule has 1 aromatic carbocycles. The van der Waals surface area contributed by atoms with Crippen molar-refractivity contribution in [2.75, 3.05) is 0 Å². The maximum absolute atomic E-state index is 12.8. The minimum atomic E-state index is -0.889. The molecule has 2 atom stereocenters. The average Bonchev–Trinajstić information content (AvgIpc) is 2.48. The van der Waals surface area contributed by atoms with E-state index in [9.17, 15) is 14.4 Å². The molecule has 0 N–H and O–H groups in total. The molecule has 0 aliphatic rings. The molecule has 1 rings (SSSR count). The van der Waals surface area contributed by atoms with Gasteiger partial charge in [0.25, 0.3) is 0 Å². The van der Waals surface area contributed by atoms with Crippen LogP contribution >= 0.6 is 0 Å². The van der Waals surface area contributed by atoms with Gasteiger partial charge in [0.15, 0.2) is 0 Å². The van der Waals surface area contributed by atoms with E-state index in [2.05, 4.69) is 6.58 Å². The summed E-state index contributed by atoms with van der Waals surface area (Å²) in [6.45, 7) is 11.9. The molecular weight excluding hydrogens is 316 g/mol. The Kier molecular flexibility index (Phi) is 7.28. The summed E-state index contributed by atoms with van der Waals surface area (Å²) in [6, 6.07) is 9.19. The predicted octanol–water partition coefficient (Wildman–Crippen LogP) is 4.10. The quantitative estimate of drug-likeness (QED) is 0.405. The highest BCUT2D eigenvalue weighted by Gasteiger charge is 2.41. The van der Waals surface area contributed by atoms with E-state index < -0.39 is 29.3 Å². The Morgan fingerprint density at radius 3 is 2.00 bits per heavy atom. The molecule has 0 bridgehead atoms. The second kappa shape index (κ2) is 8.75. The fraction of sp³-hybridized carbons (Fsp3) is 0.476. The van der Waals surface area contributed by atoms with Gasteiger partial charge in [-0.25, -0.2) is 0 Å². The van der Waals surface area contributed by atoms with Crippen molar-refractivity contribution in [3.8, 4) is 0 Å². The van der Waals surface area contributed by atoms with Crippen LogP contribution in [0.3, 0.4) is 0 Å². The minimum Gasteiger partial charge on any atom is -0.460 e. The van der Waals surface area contributed by atoms with Gasteiger partial charge in [-0.05, 0) is 46.6 Å². The number of ketones is 2. The molecule has 0 saturated heterocycles. The number of rotatable bonds is 8. The lowest BCUT2D eigenvalue weighted by atomic mass is 9.72. The standard InChI is InChI=1S/C21H28O4/c1-7-11-17(20(24)25-21(4,5)6)19(16-12-9-8-10-13-16)18(14(2)22)15(3)23/h7-10,12-13,17-19H,1,11H2,2-6H3/t17-,19+/m0/s1. The van der Waals surface area contributed by atoms with Crippen molar-refractivity contribution >= 4 is 17.5 Å². The molecule has 0 saturated carbocycles. The first kappa shape index (κ1) is 20.8. The predicted molar refractivity (Wildman–Crippen MR) is 98.2 cm³/mol. The zero-order chi connectivity index (χ0) is 19.2. The van der Waals surface area contributed by atoms with Gasteiger partial charge in [0.2, 0.25) is 0 Å². The summed E-state index contributed by atoms with van der Waals surface area (Å²) in [5.41, 5.74) is 0.121. The SMILES string of the molecule is C=CC[C@H](C(=O)OC(C)(C)C)[C@@H](c1ccccc1)C(C(C)=O)C(C)=O. The summed E-state index contributed by atoms with van der Waals surface area (Å²) in [7, 11) is 0. The minimum absolute atomic E-state index is 0.251. The molecule has 0 amide bonds. The summed E-state index contributed by atoms with van der Waals surface area (Å²) in [4.78, 5) is 37.3. The van der Waals surface area contributed by atoms with Crippen LogP contribution in [-0.2, 0) is 19.1 Å². The van der Waals surface area contributed by atoms with Crippen molar-refractivity contribution in [3.05, 3.63) is 48.6 Å². The molecule has 0 aliphatic heterocycles. The second-order valence-corrected chi connectivity index (χ2v) is 7.30. The molecule has 1 aromatic rings. The van der Waals surface area contributed by atoms with E-state index in [4.69, 9.17) is 4.74 Å². The highest BCUT2D eigenvalue weighted by atomic mass is 16.6. The van der Waals surface area contributed by atoms with Gasteiger partial charge in [0.05, 0.1) is 11.8 Å². The van der Waals surface area contributed by atoms with Crippen LogP contribution in [0, 0.1) is 11.8 Å². The van der Waals surface area contributed by atoms with E-state index in [0.717, 1.165) is 5.56 Å². The lowest BCUT2D eigenvalue weighted by Crippen LogP contribution is -2.38. The zero-order valence-electron chi connectivity index (χ0n) is 15.7. The molecule has 136 valence electrons. The summed E-state index contributed by atoms with van der Waals surface area (Å²) in [6.07, 6.45) is 1.95. The number of hydrogen-bond donors (Lipinski definition) is 0. The van der Waals surface area contributed by atoms with Gasteiger partial charge in [-0.2, -0.15) is 0 Å². The summed E-state index contributed by atoms with van der Waals surface area (Å²) >= 11 is 0. The number of ether oxygens (including phenoxy) is 1. The number of carbonyl (C=O) groups is 3. The normalized spacial score (nSPS) is 13.8. The van der Waals surface area contributed by atoms with Crippen LogP contribution in [0.2, 0.25) is 0 Å². The van der Waals surface area contributed by atoms with Crippen LogP contribution in [0.15, 0.2) is 43.0 Å². The van der Waals surface area contributed by atoms with Gasteiger partial charge in [0.1, 0.15) is 17.2 Å². The first-order valence-corrected chi connectivity index (χ1v) is 8.48. The van der Waals surface area contributed by atoms with Gasteiger partial charge in [-0.1, -0.05) is 36.4 Å². The molecule has 0 fully saturated rings. The van der Waals surface area contributed by atoms with Gasteiger partial charge >= 0.3 is 5.97 Å². The van der Waals surface area contributed by atoms with Crippen LogP contribution in [0.25, 0.3) is 0 Å². The molecule has 0 spiro atoms. The molecule has 0 heterocycles. The first-order chi connectivity index (χ1) is 11.6. The van der Waals surface area contributed by atoms with Crippen LogP contribution < -0.4 is 0 Å². The largest absolute Gasteiger partial charge is 0.460 e. The van der Waals surface area contributed by atoms with Crippen molar-refractivity contribution in [3.63, 3.8) is 0 Å². The lowest BCUT2D eigenvalue weighted by Gasteiger charge is -2.32. The highest BCUT2D eigenvalue weighted by molar-refractivity contribution is 6.01. The van der Waals surface area contributed by atoms with Gasteiger partial charge in [-0.3, -0.25) is 14.4 Å². The van der Waals surface area contributed by atoms with Gasteiger partial charge < -0.3 is 4.74 Å². The number of esters is 1. The molecule has 4 heteroatoms. The highest BCUT2D eigenvalue weighted by Crippen LogP contribution is 2.37. The molecule has 0 aliphatic carbocycles. The zero-order valence-corrected chi connectivity index (χ0v) is 15.7. The number of benzene rings is 1. The Balaban J connectivity index is 3.44. The van der Waals surface area contributed by atoms with E-state index in [-0.39, 0.29) is 11.6 Å². The third kappa shape index (κ3) is 5.96. The average molecular weight is 344 g/mol. The fourth-order valence-corrected chi connectivity index (χ4v) is 3.07. The summed E-state index contributed by atoms with van der Waals surface area (Å²) in [5, 5.41) is 0. The molecule has 0 radical (unpaired) electrons. The van der Waals surface area contributed by atoms with E-state index in [1.54, 1.807) is 26.8 Å². The van der Waals surface area contributed by atoms with Crippen molar-refractivity contribution in [2.45, 2.75) is 52.6 Å². The lowest BCUT2D eigenvalue weighted by molar-refractivity contribution is -0.161. The van der Waals surface area contributed by atoms with Gasteiger partial charge in [-0.15, -0.1) is 6.58 Å². The Morgan fingerprint density at radius 1 is 1.08 bits per heavy atom. The van der Waals surface area contributed by atoms with Crippen LogP contribution in [-0.4, -0.2) is 23.1 Å². The Hall–Kier alpha value is -2.23. The first-order valence-electron chi connectivity index (χ1n) is 8.48. The van der Waals surface area contributed by atoms with E-state index in [1.165, 1.54) is 13.8 Å². The molecule has 4 nitrogen and oxygen atoms in total. The molecule has 0 aromatic heterocycles. The Labute approximate surface area is 150 Å². The smallest absolute Gasteiger partial charge is 0.310 e. The Morgan fingerprint density at radius 2 is 1.60 bits per heavy atom. The van der Waals surface area contributed by atoms with Gasteiger partial charge in [0, 0.05) is 5.92 Å². The van der Waals surface area contributed by atoms with Crippen molar-refractivity contribution < 1.29 is 19.1 Å². The van der Waals surface area contributed by atoms with Crippen LogP contribution in [0.1, 0.15) is 52.5 Å². The number of carbonyl (C=O) groups excluding carboxylic acids is 3. The number of hydrogen-bond acceptors (Lipinski definition) is 4. The third-order valence-corrected chi connectivity index (χ3v) is 3.98. The second-order valence-electron chi connectivity index (χ2n) is 7.30. The number of Topliss-reactive ketones (excluding diaryl/α,β-unsaturated/α-hetero) is 2. The summed E-state index contributed by atoms with van der Waals surface area (Å²) in [5.74, 6) is -3.05. The topological polar surface area (TPSA) is 60.4 Å². The van der Waals surface area contributed by atoms with E-state index in [1.807, 2.05) is 30.3 Å². The molecule has 0 unspecified atom stereocenters. The van der Waals surface area contributed by atoms with Crippen molar-refractivity contribution in [1.82, 2.24) is 0 Å². The fourth-order valence-electron chi connectivity index (χ4n) is 3.07. The van der Waals surface area contributed by atoms with Crippen molar-refractivity contribution in [1.29, 1.82) is 0 Å².